The molecule has 122 valence electrons. The second kappa shape index (κ2) is 7.08. The van der Waals surface area contributed by atoms with Crippen molar-refractivity contribution >= 4 is 5.97 Å². The van der Waals surface area contributed by atoms with Crippen molar-refractivity contribution in [2.75, 3.05) is 0 Å². The molecule has 0 N–H and O–H groups in total. The van der Waals surface area contributed by atoms with Crippen LogP contribution in [0.25, 0.3) is 5.69 Å². The van der Waals surface area contributed by atoms with Crippen LogP contribution in [0.3, 0.4) is 0 Å². The van der Waals surface area contributed by atoms with E-state index in [0.717, 1.165) is 11.3 Å². The maximum Gasteiger partial charge on any atom is 0.338 e. The van der Waals surface area contributed by atoms with Crippen LogP contribution in [-0.4, -0.2) is 20.7 Å². The fourth-order valence-corrected chi connectivity index (χ4v) is 2.32. The minimum Gasteiger partial charge on any atom is -0.457 e. The highest BCUT2D eigenvalue weighted by molar-refractivity contribution is 5.89. The number of esters is 1. The van der Waals surface area contributed by atoms with E-state index in [4.69, 9.17) is 4.74 Å². The van der Waals surface area contributed by atoms with Crippen molar-refractivity contribution in [1.29, 1.82) is 0 Å². The molecule has 1 heterocycles. The maximum atomic E-state index is 12.1. The van der Waals surface area contributed by atoms with Gasteiger partial charge in [-0.15, -0.1) is 0 Å². The van der Waals surface area contributed by atoms with Crippen LogP contribution in [0.5, 0.6) is 0 Å². The molecule has 0 aliphatic heterocycles. The summed E-state index contributed by atoms with van der Waals surface area (Å²) in [5, 5.41) is 4.05. The second-order valence-electron chi connectivity index (χ2n) is 5.86. The van der Waals surface area contributed by atoms with Gasteiger partial charge in [-0.1, -0.05) is 38.1 Å². The third-order valence-electron chi connectivity index (χ3n) is 3.80. The molecule has 3 rings (SSSR count). The van der Waals surface area contributed by atoms with Crippen molar-refractivity contribution in [3.05, 3.63) is 77.9 Å². The molecule has 3 aromatic rings. The summed E-state index contributed by atoms with van der Waals surface area (Å²) in [4.78, 5) is 16.0. The van der Waals surface area contributed by atoms with E-state index in [1.54, 1.807) is 23.1 Å². The molecule has 0 saturated heterocycles. The van der Waals surface area contributed by atoms with E-state index in [0.29, 0.717) is 11.5 Å². The third kappa shape index (κ3) is 3.68. The number of hydrogen-bond donors (Lipinski definition) is 0. The molecule has 0 atom stereocenters. The zero-order valence-corrected chi connectivity index (χ0v) is 13.7. The summed E-state index contributed by atoms with van der Waals surface area (Å²) in [6.07, 6.45) is 3.07. The molecule has 0 bridgehead atoms. The van der Waals surface area contributed by atoms with Crippen LogP contribution in [0.4, 0.5) is 0 Å². The minimum atomic E-state index is -0.340. The number of hydrogen-bond acceptors (Lipinski definition) is 4. The quantitative estimate of drug-likeness (QED) is 0.672. The molecule has 0 unspecified atom stereocenters. The number of carbonyl (C=O) groups is 1. The molecule has 5 nitrogen and oxygen atoms in total. The van der Waals surface area contributed by atoms with E-state index < -0.39 is 0 Å². The topological polar surface area (TPSA) is 57.0 Å². The zero-order valence-electron chi connectivity index (χ0n) is 13.7. The van der Waals surface area contributed by atoms with Crippen molar-refractivity contribution in [2.45, 2.75) is 26.4 Å². The minimum absolute atomic E-state index is 0.266. The Kier molecular flexibility index (Phi) is 4.70. The van der Waals surface area contributed by atoms with Crippen LogP contribution in [0, 0.1) is 0 Å². The van der Waals surface area contributed by atoms with Crippen LogP contribution in [0.1, 0.15) is 41.3 Å². The molecule has 0 spiro atoms. The molecule has 0 radical (unpaired) electrons. The Labute approximate surface area is 140 Å². The number of ether oxygens (including phenoxy) is 1. The predicted molar refractivity (Wildman–Crippen MR) is 91.0 cm³/mol. The molecule has 0 aliphatic rings. The lowest BCUT2D eigenvalue weighted by Crippen LogP contribution is -2.06. The number of carbonyl (C=O) groups excluding carboxylic acids is 1. The molecule has 5 heteroatoms. The summed E-state index contributed by atoms with van der Waals surface area (Å²) in [6, 6.07) is 15.2. The van der Waals surface area contributed by atoms with Gasteiger partial charge >= 0.3 is 5.97 Å². The van der Waals surface area contributed by atoms with Gasteiger partial charge in [-0.2, -0.15) is 5.10 Å². The summed E-state index contributed by atoms with van der Waals surface area (Å²) in [7, 11) is 0. The summed E-state index contributed by atoms with van der Waals surface area (Å²) in [5.41, 5.74) is 3.60. The van der Waals surface area contributed by atoms with Gasteiger partial charge in [0.15, 0.2) is 0 Å². The van der Waals surface area contributed by atoms with Crippen molar-refractivity contribution in [1.82, 2.24) is 14.8 Å². The standard InChI is InChI=1S/C19H19N3O2/c1-14(2)16-5-3-15(4-6-16)11-24-19(23)17-7-9-18(10-8-17)22-13-20-12-21-22/h3-10,12-14H,11H2,1-2H3. The van der Waals surface area contributed by atoms with Crippen LogP contribution >= 0.6 is 0 Å². The molecule has 0 amide bonds. The molecule has 24 heavy (non-hydrogen) atoms. The highest BCUT2D eigenvalue weighted by Crippen LogP contribution is 2.16. The average molecular weight is 321 g/mol. The first-order valence-corrected chi connectivity index (χ1v) is 7.84. The van der Waals surface area contributed by atoms with Gasteiger partial charge in [-0.25, -0.2) is 14.5 Å². The van der Waals surface area contributed by atoms with Gasteiger partial charge in [-0.05, 0) is 41.3 Å². The Morgan fingerprint density at radius 3 is 2.38 bits per heavy atom. The normalized spacial score (nSPS) is 10.8. The van der Waals surface area contributed by atoms with E-state index in [1.165, 1.54) is 11.9 Å². The van der Waals surface area contributed by atoms with Gasteiger partial charge in [0.25, 0.3) is 0 Å². The summed E-state index contributed by atoms with van der Waals surface area (Å²) >= 11 is 0. The first-order chi connectivity index (χ1) is 11.6. The number of rotatable bonds is 5. The van der Waals surface area contributed by atoms with E-state index in [9.17, 15) is 4.79 Å². The Bertz CT molecular complexity index is 792. The van der Waals surface area contributed by atoms with Crippen molar-refractivity contribution < 1.29 is 9.53 Å². The van der Waals surface area contributed by atoms with Gasteiger partial charge in [0.05, 0.1) is 11.3 Å². The van der Waals surface area contributed by atoms with Gasteiger partial charge in [0, 0.05) is 0 Å². The van der Waals surface area contributed by atoms with E-state index in [2.05, 4.69) is 36.1 Å². The number of nitrogens with zero attached hydrogens (tertiary/aromatic N) is 3. The Hall–Kier alpha value is -2.95. The van der Waals surface area contributed by atoms with Crippen LogP contribution < -0.4 is 0 Å². The van der Waals surface area contributed by atoms with Gasteiger partial charge < -0.3 is 4.74 Å². The van der Waals surface area contributed by atoms with Crippen LogP contribution in [0.15, 0.2) is 61.2 Å². The molecule has 2 aromatic carbocycles. The summed E-state index contributed by atoms with van der Waals surface area (Å²) < 4.78 is 7.00. The monoisotopic (exact) mass is 321 g/mol. The molecule has 0 aliphatic carbocycles. The predicted octanol–water partition coefficient (Wildman–Crippen LogP) is 3.75. The first-order valence-electron chi connectivity index (χ1n) is 7.84. The second-order valence-corrected chi connectivity index (χ2v) is 5.86. The lowest BCUT2D eigenvalue weighted by Gasteiger charge is -2.08. The van der Waals surface area contributed by atoms with E-state index in [-0.39, 0.29) is 12.6 Å². The Balaban J connectivity index is 1.60. The lowest BCUT2D eigenvalue weighted by molar-refractivity contribution is 0.0472. The Morgan fingerprint density at radius 1 is 1.08 bits per heavy atom. The highest BCUT2D eigenvalue weighted by atomic mass is 16.5. The Morgan fingerprint density at radius 2 is 1.79 bits per heavy atom. The van der Waals surface area contributed by atoms with Gasteiger partial charge in [0.2, 0.25) is 0 Å². The third-order valence-corrected chi connectivity index (χ3v) is 3.80. The van der Waals surface area contributed by atoms with E-state index >= 15 is 0 Å². The molecular formula is C19H19N3O2. The molecule has 0 fully saturated rings. The average Bonchev–Trinajstić information content (AvgIpc) is 3.15. The number of benzene rings is 2. The largest absolute Gasteiger partial charge is 0.457 e. The fourth-order valence-electron chi connectivity index (χ4n) is 2.32. The summed E-state index contributed by atoms with van der Waals surface area (Å²) in [5.74, 6) is 0.151. The van der Waals surface area contributed by atoms with Crippen LogP contribution in [-0.2, 0) is 11.3 Å². The molecular weight excluding hydrogens is 302 g/mol. The SMILES string of the molecule is CC(C)c1ccc(COC(=O)c2ccc(-n3cncn3)cc2)cc1. The maximum absolute atomic E-state index is 12.1. The smallest absolute Gasteiger partial charge is 0.338 e. The first kappa shape index (κ1) is 15.9. The summed E-state index contributed by atoms with van der Waals surface area (Å²) in [6.45, 7) is 4.57. The molecule has 1 aromatic heterocycles. The molecule has 0 saturated carbocycles. The van der Waals surface area contributed by atoms with Crippen molar-refractivity contribution in [3.8, 4) is 5.69 Å². The highest BCUT2D eigenvalue weighted by Gasteiger charge is 2.08. The van der Waals surface area contributed by atoms with E-state index in [1.807, 2.05) is 24.3 Å². The zero-order chi connectivity index (χ0) is 16.9. The van der Waals surface area contributed by atoms with Crippen molar-refractivity contribution in [3.63, 3.8) is 0 Å². The van der Waals surface area contributed by atoms with Gasteiger partial charge in [0.1, 0.15) is 19.3 Å². The van der Waals surface area contributed by atoms with Gasteiger partial charge in [-0.3, -0.25) is 0 Å². The van der Waals surface area contributed by atoms with Crippen LogP contribution in [0.2, 0.25) is 0 Å². The number of aromatic nitrogens is 3. The lowest BCUT2D eigenvalue weighted by atomic mass is 10.0. The fraction of sp³-hybridized carbons (Fsp3) is 0.211. The van der Waals surface area contributed by atoms with Crippen molar-refractivity contribution in [2.24, 2.45) is 0 Å².